The van der Waals surface area contributed by atoms with E-state index in [4.69, 9.17) is 9.15 Å². The number of rotatable bonds is 9. The molecule has 236 valence electrons. The number of furan rings is 1. The zero-order valence-corrected chi connectivity index (χ0v) is 25.2. The van der Waals surface area contributed by atoms with Gasteiger partial charge in [0.1, 0.15) is 18.2 Å². The summed E-state index contributed by atoms with van der Waals surface area (Å²) in [6, 6.07) is 8.13. The van der Waals surface area contributed by atoms with Gasteiger partial charge in [-0.25, -0.2) is 22.2 Å². The molecule has 1 spiro atoms. The van der Waals surface area contributed by atoms with Crippen molar-refractivity contribution >= 4 is 55.9 Å². The molecule has 0 unspecified atom stereocenters. The van der Waals surface area contributed by atoms with Crippen LogP contribution in [-0.4, -0.2) is 69.7 Å². The summed E-state index contributed by atoms with van der Waals surface area (Å²) in [4.78, 5) is 33.3. The lowest BCUT2D eigenvalue weighted by molar-refractivity contribution is -0.140. The normalized spacial score (nSPS) is 19.2. The number of anilines is 4. The van der Waals surface area contributed by atoms with Gasteiger partial charge in [0.25, 0.3) is 11.8 Å². The molecule has 2 aromatic heterocycles. The number of nitrogens with one attached hydrogen (secondary N) is 2. The van der Waals surface area contributed by atoms with Gasteiger partial charge in [-0.3, -0.25) is 14.3 Å². The van der Waals surface area contributed by atoms with Gasteiger partial charge in [0.05, 0.1) is 23.2 Å². The Morgan fingerprint density at radius 2 is 1.70 bits per heavy atom. The molecule has 0 bridgehead atoms. The average molecular weight is 632 g/mol. The van der Waals surface area contributed by atoms with Crippen LogP contribution in [0.3, 0.4) is 0 Å². The van der Waals surface area contributed by atoms with Gasteiger partial charge in [0.2, 0.25) is 10.0 Å². The number of halogens is 2. The first-order valence-electron chi connectivity index (χ1n) is 14.8. The number of nitrogens with zero attached hydrogens (tertiary/aromatic N) is 3. The summed E-state index contributed by atoms with van der Waals surface area (Å²) < 4.78 is 65.9. The van der Waals surface area contributed by atoms with Crippen molar-refractivity contribution in [3.63, 3.8) is 0 Å². The Morgan fingerprint density at radius 1 is 1.00 bits per heavy atom. The number of pyridine rings is 1. The van der Waals surface area contributed by atoms with E-state index in [0.29, 0.717) is 33.5 Å². The number of fused-ring (bicyclic) bond motifs is 1. The molecule has 2 N–H and O–H groups in total. The largest absolute Gasteiger partial charge is 0.465 e. The van der Waals surface area contributed by atoms with Crippen molar-refractivity contribution < 1.29 is 35.9 Å². The van der Waals surface area contributed by atoms with Crippen molar-refractivity contribution in [2.24, 2.45) is 5.41 Å². The van der Waals surface area contributed by atoms with Crippen LogP contribution in [0.25, 0.3) is 11.0 Å². The Labute approximate surface area is 254 Å². The van der Waals surface area contributed by atoms with Gasteiger partial charge < -0.3 is 24.3 Å². The Balaban J connectivity index is 1.26. The second kappa shape index (κ2) is 11.5. The fourth-order valence-electron chi connectivity index (χ4n) is 5.94. The molecule has 2 aliphatic heterocycles. The third-order valence-corrected chi connectivity index (χ3v) is 10.00. The highest BCUT2D eigenvalue weighted by Crippen LogP contribution is 2.54. The number of carbonyl (C=O) groups is 2. The first-order chi connectivity index (χ1) is 20.9. The number of alkyl halides is 2. The van der Waals surface area contributed by atoms with Crippen LogP contribution in [0.4, 0.5) is 31.8 Å². The van der Waals surface area contributed by atoms with E-state index in [1.807, 2.05) is 0 Å². The fraction of sp³-hybridized carbons (Fsp3) is 0.500. The maximum absolute atomic E-state index is 13.8. The van der Waals surface area contributed by atoms with E-state index >= 15 is 0 Å². The van der Waals surface area contributed by atoms with Crippen LogP contribution in [0.1, 0.15) is 55.8 Å². The van der Waals surface area contributed by atoms with E-state index in [0.717, 1.165) is 25.9 Å². The molecule has 4 heterocycles. The number of ether oxygens (including phenoxy) is 1. The highest BCUT2D eigenvalue weighted by Gasteiger charge is 2.44. The second-order valence-corrected chi connectivity index (χ2v) is 13.8. The van der Waals surface area contributed by atoms with Gasteiger partial charge in [-0.2, -0.15) is 0 Å². The van der Waals surface area contributed by atoms with Gasteiger partial charge in [-0.05, 0) is 61.4 Å². The Morgan fingerprint density at radius 3 is 2.39 bits per heavy atom. The SMILES string of the molecule is CC(=O)OCCS(=O)(=O)Nc1ccc(C(=O)Nc2cc3ccoc3c(N3CCC(F)(F)CC3)n2)c(N2CCC3(CC2)CC3)c1. The van der Waals surface area contributed by atoms with Crippen molar-refractivity contribution in [2.45, 2.75) is 51.4 Å². The Hall–Kier alpha value is -3.94. The first kappa shape index (κ1) is 30.1. The molecule has 0 radical (unpaired) electrons. The second-order valence-electron chi connectivity index (χ2n) is 11.9. The number of hydrogen-bond donors (Lipinski definition) is 2. The topological polar surface area (TPSA) is 134 Å². The number of piperidine rings is 2. The quantitative estimate of drug-likeness (QED) is 0.313. The summed E-state index contributed by atoms with van der Waals surface area (Å²) in [7, 11) is -3.82. The van der Waals surface area contributed by atoms with Crippen molar-refractivity contribution in [3.8, 4) is 0 Å². The number of aromatic nitrogens is 1. The molecule has 14 heteroatoms. The number of benzene rings is 1. The minimum Gasteiger partial charge on any atom is -0.465 e. The summed E-state index contributed by atoms with van der Waals surface area (Å²) in [5, 5.41) is 3.54. The predicted octanol–water partition coefficient (Wildman–Crippen LogP) is 5.00. The summed E-state index contributed by atoms with van der Waals surface area (Å²) >= 11 is 0. The average Bonchev–Trinajstić information content (AvgIpc) is 3.54. The molecule has 3 fully saturated rings. The van der Waals surface area contributed by atoms with Crippen molar-refractivity contribution in [1.82, 2.24) is 4.98 Å². The lowest BCUT2D eigenvalue weighted by Crippen LogP contribution is -2.39. The monoisotopic (exact) mass is 631 g/mol. The van der Waals surface area contributed by atoms with Crippen LogP contribution in [0.15, 0.2) is 41.0 Å². The molecule has 3 aromatic rings. The van der Waals surface area contributed by atoms with Crippen LogP contribution >= 0.6 is 0 Å². The lowest BCUT2D eigenvalue weighted by atomic mass is 9.93. The van der Waals surface area contributed by atoms with E-state index < -0.39 is 33.6 Å². The van der Waals surface area contributed by atoms with Crippen LogP contribution in [0, 0.1) is 5.41 Å². The smallest absolute Gasteiger partial charge is 0.302 e. The maximum atomic E-state index is 13.8. The van der Waals surface area contributed by atoms with E-state index in [1.165, 1.54) is 32.1 Å². The molecule has 0 atom stereocenters. The van der Waals surface area contributed by atoms with Crippen LogP contribution in [0.5, 0.6) is 0 Å². The molecular formula is C30H35F2N5O6S. The predicted molar refractivity (Wildman–Crippen MR) is 162 cm³/mol. The molecule has 1 aromatic carbocycles. The van der Waals surface area contributed by atoms with Gasteiger partial charge in [-0.15, -0.1) is 0 Å². The van der Waals surface area contributed by atoms with Crippen LogP contribution in [0.2, 0.25) is 0 Å². The number of amides is 1. The molecule has 2 saturated heterocycles. The van der Waals surface area contributed by atoms with Crippen molar-refractivity contribution in [3.05, 3.63) is 42.2 Å². The fourth-order valence-corrected chi connectivity index (χ4v) is 6.83. The summed E-state index contributed by atoms with van der Waals surface area (Å²) in [6.45, 7) is 2.59. The molecule has 6 rings (SSSR count). The van der Waals surface area contributed by atoms with E-state index in [-0.39, 0.29) is 44.0 Å². The number of carbonyl (C=O) groups excluding carboxylic acids is 2. The minimum absolute atomic E-state index is 0.103. The van der Waals surface area contributed by atoms with Gasteiger partial charge in [0.15, 0.2) is 11.4 Å². The number of esters is 1. The summed E-state index contributed by atoms with van der Waals surface area (Å²) in [5.41, 5.74) is 2.05. The molecule has 1 aliphatic carbocycles. The number of hydrogen-bond acceptors (Lipinski definition) is 9. The van der Waals surface area contributed by atoms with Crippen molar-refractivity contribution in [1.29, 1.82) is 0 Å². The molecule has 1 saturated carbocycles. The third kappa shape index (κ3) is 6.74. The van der Waals surface area contributed by atoms with Gasteiger partial charge in [-0.1, -0.05) is 0 Å². The minimum atomic E-state index is -3.82. The third-order valence-electron chi connectivity index (χ3n) is 8.75. The molecule has 11 nitrogen and oxygen atoms in total. The van der Waals surface area contributed by atoms with E-state index in [2.05, 4.69) is 19.9 Å². The first-order valence-corrected chi connectivity index (χ1v) is 16.4. The molecule has 3 aliphatic rings. The standard InChI is InChI=1S/C30H35F2N5O6S/c1-20(38)42-16-17-44(40,41)35-22-2-3-23(24(19-22)36-11-7-29(5-6-29)8-12-36)28(39)34-25-18-21-4-15-43-26(21)27(33-25)37-13-9-30(31,32)10-14-37/h2-4,15,18-19,35H,5-14,16-17H2,1H3,(H,33,34,39). The maximum Gasteiger partial charge on any atom is 0.302 e. The molecular weight excluding hydrogens is 596 g/mol. The Bertz CT molecular complexity index is 1670. The molecule has 1 amide bonds. The number of sulfonamides is 1. The van der Waals surface area contributed by atoms with E-state index in [1.54, 1.807) is 29.2 Å². The van der Waals surface area contributed by atoms with Crippen molar-refractivity contribution in [2.75, 3.05) is 58.4 Å². The van der Waals surface area contributed by atoms with E-state index in [9.17, 15) is 26.8 Å². The zero-order valence-electron chi connectivity index (χ0n) is 24.4. The molecule has 44 heavy (non-hydrogen) atoms. The highest BCUT2D eigenvalue weighted by atomic mass is 32.2. The summed E-state index contributed by atoms with van der Waals surface area (Å²) in [5.74, 6) is -3.51. The lowest BCUT2D eigenvalue weighted by Gasteiger charge is -2.35. The summed E-state index contributed by atoms with van der Waals surface area (Å²) in [6.07, 6.45) is 5.28. The highest BCUT2D eigenvalue weighted by molar-refractivity contribution is 7.92. The van der Waals surface area contributed by atoms with Gasteiger partial charge >= 0.3 is 5.97 Å². The van der Waals surface area contributed by atoms with Gasteiger partial charge in [0, 0.05) is 51.3 Å². The zero-order chi connectivity index (χ0) is 31.1. The Kier molecular flexibility index (Phi) is 7.89. The van der Waals surface area contributed by atoms with Crippen LogP contribution in [-0.2, 0) is 19.6 Å². The van der Waals surface area contributed by atoms with Crippen LogP contribution < -0.4 is 19.8 Å².